The molecule has 2 aliphatic carbocycles. The number of nitrogens with zero attached hydrogens (tertiary/aromatic N) is 1. The first-order valence-electron chi connectivity index (χ1n) is 9.47. The second-order valence-corrected chi connectivity index (χ2v) is 8.40. The topological polar surface area (TPSA) is 94.9 Å². The Balaban J connectivity index is 2.01. The van der Waals surface area contributed by atoms with Crippen molar-refractivity contribution in [1.29, 1.82) is 10.7 Å². The molecule has 1 aromatic carbocycles. The second kappa shape index (κ2) is 7.02. The van der Waals surface area contributed by atoms with Gasteiger partial charge in [0.2, 0.25) is 0 Å². The van der Waals surface area contributed by atoms with Crippen molar-refractivity contribution >= 4 is 5.84 Å². The van der Waals surface area contributed by atoms with Crippen LogP contribution in [0.2, 0.25) is 0 Å². The van der Waals surface area contributed by atoms with Crippen molar-refractivity contribution in [3.63, 3.8) is 0 Å². The van der Waals surface area contributed by atoms with Gasteiger partial charge in [0.25, 0.3) is 0 Å². The fourth-order valence-electron chi connectivity index (χ4n) is 5.52. The van der Waals surface area contributed by atoms with E-state index in [-0.39, 0.29) is 29.4 Å². The number of nitrogens with one attached hydrogen (secondary N) is 2. The molecule has 1 fully saturated rings. The predicted molar refractivity (Wildman–Crippen MR) is 103 cm³/mol. The molecule has 1 spiro atoms. The number of amidine groups is 1. The van der Waals surface area contributed by atoms with Crippen LogP contribution in [0.4, 0.5) is 0 Å². The number of benzene rings is 1. The molecular formula is C21H30N4O. The highest BCUT2D eigenvalue weighted by atomic mass is 16.5. The third-order valence-electron chi connectivity index (χ3n) is 6.47. The fourth-order valence-corrected chi connectivity index (χ4v) is 5.52. The normalized spacial score (nSPS) is 34.3. The molecule has 0 radical (unpaired) electrons. The largest absolute Gasteiger partial charge is 0.386 e. The van der Waals surface area contributed by atoms with Crippen LogP contribution < -0.4 is 11.1 Å². The standard InChI is InChI=1S/C21H30N4O/c1-12-8-21(9-13(2)18(12)26-4)10-16-6-5-15(11-22)7-17(16)19(21)25-14(3)20(23)24/h5-7,12-14,18-19,25H,8-10H2,1-4H3,(H3,23,24)/t12-,13+,14?,18?,19?,21?. The van der Waals surface area contributed by atoms with Gasteiger partial charge in [0.1, 0.15) is 5.84 Å². The zero-order valence-electron chi connectivity index (χ0n) is 16.2. The monoisotopic (exact) mass is 354 g/mol. The van der Waals surface area contributed by atoms with E-state index in [4.69, 9.17) is 15.9 Å². The van der Waals surface area contributed by atoms with Gasteiger partial charge < -0.3 is 15.8 Å². The number of hydrogen-bond donors (Lipinski definition) is 3. The molecule has 0 aromatic heterocycles. The van der Waals surface area contributed by atoms with Gasteiger partial charge in [0, 0.05) is 13.2 Å². The number of nitriles is 1. The first kappa shape index (κ1) is 18.9. The summed E-state index contributed by atoms with van der Waals surface area (Å²) in [5.41, 5.74) is 9.04. The molecule has 4 unspecified atom stereocenters. The molecule has 1 saturated carbocycles. The van der Waals surface area contributed by atoms with Crippen molar-refractivity contribution in [1.82, 2.24) is 5.32 Å². The molecule has 0 amide bonds. The third-order valence-corrected chi connectivity index (χ3v) is 6.47. The van der Waals surface area contributed by atoms with Crippen LogP contribution in [0.25, 0.3) is 0 Å². The Kier molecular flexibility index (Phi) is 5.09. The van der Waals surface area contributed by atoms with Crippen LogP contribution >= 0.6 is 0 Å². The third kappa shape index (κ3) is 3.13. The summed E-state index contributed by atoms with van der Waals surface area (Å²) in [6, 6.07) is 8.21. The number of ether oxygens (including phenoxy) is 1. The van der Waals surface area contributed by atoms with Crippen molar-refractivity contribution in [3.05, 3.63) is 34.9 Å². The van der Waals surface area contributed by atoms with Crippen molar-refractivity contribution in [2.45, 2.75) is 58.2 Å². The number of rotatable bonds is 4. The minimum atomic E-state index is -0.195. The van der Waals surface area contributed by atoms with Crippen molar-refractivity contribution in [2.75, 3.05) is 7.11 Å². The van der Waals surface area contributed by atoms with Gasteiger partial charge in [-0.05, 0) is 66.7 Å². The highest BCUT2D eigenvalue weighted by Crippen LogP contribution is 2.57. The minimum Gasteiger partial charge on any atom is -0.386 e. The predicted octanol–water partition coefficient (Wildman–Crippen LogP) is 3.14. The Morgan fingerprint density at radius 1 is 1.38 bits per heavy atom. The van der Waals surface area contributed by atoms with Crippen LogP contribution in [0.3, 0.4) is 0 Å². The van der Waals surface area contributed by atoms with E-state index in [1.54, 1.807) is 0 Å². The lowest BCUT2D eigenvalue weighted by molar-refractivity contribution is -0.0615. The Morgan fingerprint density at radius 2 is 2.04 bits per heavy atom. The molecule has 5 heteroatoms. The molecule has 6 atom stereocenters. The van der Waals surface area contributed by atoms with Crippen LogP contribution in [0, 0.1) is 34.0 Å². The second-order valence-electron chi connectivity index (χ2n) is 8.40. The fraction of sp³-hybridized carbons (Fsp3) is 0.619. The summed E-state index contributed by atoms with van der Waals surface area (Å²) in [5, 5.41) is 20.8. The molecule has 26 heavy (non-hydrogen) atoms. The lowest BCUT2D eigenvalue weighted by Crippen LogP contribution is -2.50. The maximum atomic E-state index is 9.34. The average molecular weight is 354 g/mol. The van der Waals surface area contributed by atoms with E-state index in [1.165, 1.54) is 11.1 Å². The summed E-state index contributed by atoms with van der Waals surface area (Å²) in [4.78, 5) is 0. The Bertz CT molecular complexity index is 726. The summed E-state index contributed by atoms with van der Waals surface area (Å²) >= 11 is 0. The molecule has 4 N–H and O–H groups in total. The molecule has 0 bridgehead atoms. The highest BCUT2D eigenvalue weighted by Gasteiger charge is 2.52. The molecule has 0 aliphatic heterocycles. The maximum absolute atomic E-state index is 9.34. The van der Waals surface area contributed by atoms with Gasteiger partial charge >= 0.3 is 0 Å². The van der Waals surface area contributed by atoms with Gasteiger partial charge in [0.05, 0.1) is 23.8 Å². The summed E-state index contributed by atoms with van der Waals surface area (Å²) in [7, 11) is 1.81. The quantitative estimate of drug-likeness (QED) is 0.572. The van der Waals surface area contributed by atoms with E-state index in [2.05, 4.69) is 31.3 Å². The van der Waals surface area contributed by atoms with Gasteiger partial charge in [-0.2, -0.15) is 5.26 Å². The molecule has 2 aliphatic rings. The smallest absolute Gasteiger partial charge is 0.108 e. The lowest BCUT2D eigenvalue weighted by Gasteiger charge is -2.48. The maximum Gasteiger partial charge on any atom is 0.108 e. The van der Waals surface area contributed by atoms with Crippen molar-refractivity contribution in [2.24, 2.45) is 23.0 Å². The van der Waals surface area contributed by atoms with E-state index < -0.39 is 0 Å². The van der Waals surface area contributed by atoms with Crippen LogP contribution in [0.1, 0.15) is 56.3 Å². The summed E-state index contributed by atoms with van der Waals surface area (Å²) in [6.07, 6.45) is 3.41. The zero-order chi connectivity index (χ0) is 19.1. The SMILES string of the molecule is COC1[C@H](C)CC2(Cc3ccc(C#N)cc3C2NC(C)C(=N)N)C[C@@H]1C. The average Bonchev–Trinajstić information content (AvgIpc) is 2.86. The molecule has 3 rings (SSSR count). The Morgan fingerprint density at radius 3 is 2.58 bits per heavy atom. The summed E-state index contributed by atoms with van der Waals surface area (Å²) in [6.45, 7) is 6.50. The van der Waals surface area contributed by atoms with Gasteiger partial charge in [-0.1, -0.05) is 19.9 Å². The van der Waals surface area contributed by atoms with Crippen molar-refractivity contribution in [3.8, 4) is 6.07 Å². The first-order valence-corrected chi connectivity index (χ1v) is 9.47. The molecule has 140 valence electrons. The van der Waals surface area contributed by atoms with E-state index in [0.717, 1.165) is 19.3 Å². The van der Waals surface area contributed by atoms with Crippen LogP contribution in [0.15, 0.2) is 18.2 Å². The number of fused-ring (bicyclic) bond motifs is 1. The molecule has 0 heterocycles. The molecule has 0 saturated heterocycles. The van der Waals surface area contributed by atoms with Gasteiger partial charge in [-0.3, -0.25) is 5.41 Å². The Labute approximate surface area is 156 Å². The molecular weight excluding hydrogens is 324 g/mol. The zero-order valence-corrected chi connectivity index (χ0v) is 16.2. The lowest BCUT2D eigenvalue weighted by atomic mass is 9.61. The van der Waals surface area contributed by atoms with Crippen molar-refractivity contribution < 1.29 is 4.74 Å². The number of methoxy groups -OCH3 is 1. The number of nitrogens with two attached hydrogens (primary N) is 1. The highest BCUT2D eigenvalue weighted by molar-refractivity contribution is 5.82. The van der Waals surface area contributed by atoms with Crippen LogP contribution in [-0.4, -0.2) is 25.1 Å². The van der Waals surface area contributed by atoms with E-state index in [0.29, 0.717) is 17.4 Å². The van der Waals surface area contributed by atoms with Gasteiger partial charge in [-0.25, -0.2) is 0 Å². The van der Waals surface area contributed by atoms with E-state index in [9.17, 15) is 5.26 Å². The molecule has 1 aromatic rings. The van der Waals surface area contributed by atoms with Crippen LogP contribution in [-0.2, 0) is 11.2 Å². The van der Waals surface area contributed by atoms with E-state index in [1.807, 2.05) is 26.2 Å². The molecule has 5 nitrogen and oxygen atoms in total. The van der Waals surface area contributed by atoms with Gasteiger partial charge in [-0.15, -0.1) is 0 Å². The summed E-state index contributed by atoms with van der Waals surface area (Å²) < 4.78 is 5.77. The number of hydrogen-bond acceptors (Lipinski definition) is 4. The van der Waals surface area contributed by atoms with E-state index >= 15 is 0 Å². The summed E-state index contributed by atoms with van der Waals surface area (Å²) in [5.74, 6) is 1.08. The van der Waals surface area contributed by atoms with Gasteiger partial charge in [0.15, 0.2) is 0 Å². The Hall–Kier alpha value is -1.90. The minimum absolute atomic E-state index is 0.0774. The van der Waals surface area contributed by atoms with Crippen LogP contribution in [0.5, 0.6) is 0 Å². The first-order chi connectivity index (χ1) is 12.3.